The molecule has 1 aliphatic rings. The summed E-state index contributed by atoms with van der Waals surface area (Å²) in [4.78, 5) is 34.6. The Hall–Kier alpha value is -1.79. The minimum Gasteiger partial charge on any atom is -0.454 e. The highest BCUT2D eigenvalue weighted by Crippen LogP contribution is 2.25. The summed E-state index contributed by atoms with van der Waals surface area (Å²) in [6, 6.07) is 3.95. The van der Waals surface area contributed by atoms with Gasteiger partial charge in [0.05, 0.1) is 6.04 Å². The van der Waals surface area contributed by atoms with Crippen LogP contribution in [0.15, 0.2) is 18.2 Å². The van der Waals surface area contributed by atoms with E-state index in [1.54, 1.807) is 25.1 Å². The van der Waals surface area contributed by atoms with Crippen molar-refractivity contribution < 1.29 is 19.1 Å². The highest BCUT2D eigenvalue weighted by atomic mass is 35.5. The fourth-order valence-corrected chi connectivity index (χ4v) is 2.81. The Balaban J connectivity index is 1.82. The monoisotopic (exact) mass is 358 g/mol. The molecule has 0 aliphatic carbocycles. The molecule has 0 radical (unpaired) electrons. The van der Waals surface area contributed by atoms with E-state index >= 15 is 0 Å². The van der Waals surface area contributed by atoms with E-state index in [1.165, 1.54) is 0 Å². The maximum atomic E-state index is 11.8. The first-order chi connectivity index (χ1) is 10.9. The lowest BCUT2D eigenvalue weighted by Gasteiger charge is -2.16. The van der Waals surface area contributed by atoms with E-state index in [4.69, 9.17) is 27.9 Å². The molecule has 0 aromatic heterocycles. The number of carbonyl (C=O) groups is 3. The van der Waals surface area contributed by atoms with Crippen LogP contribution in [0.5, 0.6) is 0 Å². The molecule has 2 atom stereocenters. The van der Waals surface area contributed by atoms with E-state index in [0.29, 0.717) is 22.0 Å². The van der Waals surface area contributed by atoms with Crippen LogP contribution in [-0.4, -0.2) is 30.4 Å². The highest BCUT2D eigenvalue weighted by molar-refractivity contribution is 6.35. The maximum Gasteiger partial charge on any atom is 0.329 e. The van der Waals surface area contributed by atoms with Crippen molar-refractivity contribution in [2.45, 2.75) is 31.8 Å². The first-order valence-corrected chi connectivity index (χ1v) is 7.82. The normalized spacial score (nSPS) is 18.2. The summed E-state index contributed by atoms with van der Waals surface area (Å²) in [5.74, 6) is -1.26. The Morgan fingerprint density at radius 3 is 2.78 bits per heavy atom. The molecule has 2 amide bonds. The average Bonchev–Trinajstić information content (AvgIpc) is 2.91. The Morgan fingerprint density at radius 1 is 1.43 bits per heavy atom. The zero-order chi connectivity index (χ0) is 17.0. The van der Waals surface area contributed by atoms with Crippen LogP contribution in [0.1, 0.15) is 31.4 Å². The summed E-state index contributed by atoms with van der Waals surface area (Å²) in [7, 11) is 0. The summed E-state index contributed by atoms with van der Waals surface area (Å²) >= 11 is 11.9. The molecule has 0 bridgehead atoms. The Morgan fingerprint density at radius 2 is 2.17 bits per heavy atom. The van der Waals surface area contributed by atoms with Crippen molar-refractivity contribution in [3.63, 3.8) is 0 Å². The second-order valence-corrected chi connectivity index (χ2v) is 6.07. The second kappa shape index (κ2) is 7.66. The van der Waals surface area contributed by atoms with E-state index in [1.807, 2.05) is 0 Å². The molecule has 2 rings (SSSR count). The van der Waals surface area contributed by atoms with Gasteiger partial charge in [0.15, 0.2) is 6.61 Å². The van der Waals surface area contributed by atoms with E-state index in [2.05, 4.69) is 10.6 Å². The maximum absolute atomic E-state index is 11.8. The van der Waals surface area contributed by atoms with Crippen LogP contribution in [0.4, 0.5) is 0 Å². The summed E-state index contributed by atoms with van der Waals surface area (Å²) in [5, 5.41) is 6.11. The molecule has 1 aromatic rings. The first kappa shape index (κ1) is 17.6. The lowest BCUT2D eigenvalue weighted by molar-refractivity contribution is -0.150. The van der Waals surface area contributed by atoms with Crippen molar-refractivity contribution >= 4 is 41.0 Å². The van der Waals surface area contributed by atoms with Gasteiger partial charge in [0.2, 0.25) is 5.91 Å². The molecule has 2 N–H and O–H groups in total. The van der Waals surface area contributed by atoms with Crippen molar-refractivity contribution in [1.29, 1.82) is 0 Å². The topological polar surface area (TPSA) is 84.5 Å². The first-order valence-electron chi connectivity index (χ1n) is 7.07. The Kier molecular flexibility index (Phi) is 5.85. The lowest BCUT2D eigenvalue weighted by atomic mass is 10.1. The predicted octanol–water partition coefficient (Wildman–Crippen LogP) is 1.99. The quantitative estimate of drug-likeness (QED) is 0.788. The van der Waals surface area contributed by atoms with Crippen LogP contribution in [0.25, 0.3) is 0 Å². The van der Waals surface area contributed by atoms with Gasteiger partial charge in [-0.05, 0) is 31.0 Å². The fourth-order valence-electron chi connectivity index (χ4n) is 2.24. The summed E-state index contributed by atoms with van der Waals surface area (Å²) in [5.41, 5.74) is 0.707. The van der Waals surface area contributed by atoms with E-state index in [-0.39, 0.29) is 18.4 Å². The van der Waals surface area contributed by atoms with Gasteiger partial charge >= 0.3 is 5.97 Å². The van der Waals surface area contributed by atoms with E-state index < -0.39 is 24.5 Å². The van der Waals surface area contributed by atoms with Gasteiger partial charge in [0.25, 0.3) is 5.91 Å². The molecule has 8 heteroatoms. The zero-order valence-corrected chi connectivity index (χ0v) is 13.9. The van der Waals surface area contributed by atoms with Gasteiger partial charge in [-0.15, -0.1) is 0 Å². The van der Waals surface area contributed by atoms with Gasteiger partial charge in [0, 0.05) is 16.5 Å². The number of amides is 2. The van der Waals surface area contributed by atoms with Crippen LogP contribution < -0.4 is 10.6 Å². The largest absolute Gasteiger partial charge is 0.454 e. The van der Waals surface area contributed by atoms with Crippen molar-refractivity contribution in [2.75, 3.05) is 6.61 Å². The van der Waals surface area contributed by atoms with E-state index in [9.17, 15) is 14.4 Å². The molecular formula is C15H16Cl2N2O4. The number of hydrogen-bond acceptors (Lipinski definition) is 4. The third-order valence-electron chi connectivity index (χ3n) is 3.43. The summed E-state index contributed by atoms with van der Waals surface area (Å²) < 4.78 is 4.90. The third-order valence-corrected chi connectivity index (χ3v) is 3.99. The summed E-state index contributed by atoms with van der Waals surface area (Å²) in [6.45, 7) is 1.34. The lowest BCUT2D eigenvalue weighted by Crippen LogP contribution is -2.37. The molecule has 1 heterocycles. The molecular weight excluding hydrogens is 343 g/mol. The smallest absolute Gasteiger partial charge is 0.329 e. The Labute approximate surface area is 143 Å². The third kappa shape index (κ3) is 4.84. The van der Waals surface area contributed by atoms with E-state index in [0.717, 1.165) is 0 Å². The molecule has 23 heavy (non-hydrogen) atoms. The number of ether oxygens (including phenoxy) is 1. The van der Waals surface area contributed by atoms with Gasteiger partial charge in [-0.3, -0.25) is 9.59 Å². The Bertz CT molecular complexity index is 636. The number of rotatable bonds is 5. The van der Waals surface area contributed by atoms with Gasteiger partial charge in [-0.1, -0.05) is 29.3 Å². The molecule has 0 spiro atoms. The van der Waals surface area contributed by atoms with Gasteiger partial charge in [-0.25, -0.2) is 4.79 Å². The summed E-state index contributed by atoms with van der Waals surface area (Å²) in [6.07, 6.45) is 0.675. The van der Waals surface area contributed by atoms with Gasteiger partial charge in [-0.2, -0.15) is 0 Å². The molecule has 1 saturated heterocycles. The molecule has 1 aromatic carbocycles. The van der Waals surface area contributed by atoms with Crippen LogP contribution >= 0.6 is 23.2 Å². The fraction of sp³-hybridized carbons (Fsp3) is 0.400. The standard InChI is InChI=1S/C15H16Cl2N2O4/c1-8(10-3-2-9(16)6-11(10)17)18-14(21)7-23-15(22)12-4-5-13(20)19-12/h2-3,6,8,12H,4-5,7H2,1H3,(H,18,21)(H,19,20)/t8-,12-/m1/s1. The number of halogens is 2. The number of esters is 1. The van der Waals surface area contributed by atoms with Crippen molar-refractivity contribution in [3.8, 4) is 0 Å². The van der Waals surface area contributed by atoms with Gasteiger partial charge < -0.3 is 15.4 Å². The molecule has 0 saturated carbocycles. The average molecular weight is 359 g/mol. The van der Waals surface area contributed by atoms with Crippen molar-refractivity contribution in [2.24, 2.45) is 0 Å². The highest BCUT2D eigenvalue weighted by Gasteiger charge is 2.28. The van der Waals surface area contributed by atoms with Crippen molar-refractivity contribution in [3.05, 3.63) is 33.8 Å². The SMILES string of the molecule is C[C@@H](NC(=O)COC(=O)[C@H]1CCC(=O)N1)c1ccc(Cl)cc1Cl. The van der Waals surface area contributed by atoms with Crippen molar-refractivity contribution in [1.82, 2.24) is 10.6 Å². The van der Waals surface area contributed by atoms with Gasteiger partial charge in [0.1, 0.15) is 6.04 Å². The minimum atomic E-state index is -0.668. The zero-order valence-electron chi connectivity index (χ0n) is 12.4. The second-order valence-electron chi connectivity index (χ2n) is 5.22. The molecule has 0 unspecified atom stereocenters. The predicted molar refractivity (Wildman–Crippen MR) is 85.1 cm³/mol. The number of nitrogens with one attached hydrogen (secondary N) is 2. The van der Waals surface area contributed by atoms with Crippen LogP contribution in [0, 0.1) is 0 Å². The molecule has 6 nitrogen and oxygen atoms in total. The molecule has 1 fully saturated rings. The number of hydrogen-bond donors (Lipinski definition) is 2. The number of carbonyl (C=O) groups excluding carboxylic acids is 3. The minimum absolute atomic E-state index is 0.192. The molecule has 124 valence electrons. The number of benzene rings is 1. The van der Waals surface area contributed by atoms with Crippen LogP contribution in [0.3, 0.4) is 0 Å². The van der Waals surface area contributed by atoms with Crippen LogP contribution in [0.2, 0.25) is 10.0 Å². The van der Waals surface area contributed by atoms with Crippen LogP contribution in [-0.2, 0) is 19.1 Å². The molecule has 1 aliphatic heterocycles.